The van der Waals surface area contributed by atoms with Crippen LogP contribution in [0.2, 0.25) is 18.1 Å². The second-order valence-electron chi connectivity index (χ2n) is 9.63. The summed E-state index contributed by atoms with van der Waals surface area (Å²) < 4.78 is 29.2. The van der Waals surface area contributed by atoms with Crippen LogP contribution >= 0.6 is 11.8 Å². The molecule has 1 heterocycles. The van der Waals surface area contributed by atoms with Crippen LogP contribution in [0.5, 0.6) is 0 Å². The van der Waals surface area contributed by atoms with E-state index >= 15 is 0 Å². The van der Waals surface area contributed by atoms with Gasteiger partial charge in [0, 0.05) is 20.8 Å². The number of hydrogen-bond donors (Lipinski definition) is 0. The number of carbonyl (C=O) groups is 3. The molecule has 0 radical (unpaired) electrons. The summed E-state index contributed by atoms with van der Waals surface area (Å²) in [5.41, 5.74) is -0.675. The maximum atomic E-state index is 11.9. The molecule has 0 amide bonds. The predicted molar refractivity (Wildman–Crippen MR) is 130 cm³/mol. The van der Waals surface area contributed by atoms with Crippen LogP contribution in [0.25, 0.3) is 0 Å². The first kappa shape index (κ1) is 29.7. The minimum absolute atomic E-state index is 0.0365. The van der Waals surface area contributed by atoms with Gasteiger partial charge in [-0.25, -0.2) is 0 Å². The molecule has 5 atom stereocenters. The fourth-order valence-corrected chi connectivity index (χ4v) is 4.96. The number of esters is 3. The van der Waals surface area contributed by atoms with Crippen LogP contribution in [-0.4, -0.2) is 62.7 Å². The van der Waals surface area contributed by atoms with E-state index in [0.29, 0.717) is 0 Å². The molecule has 0 aromatic carbocycles. The third-order valence-corrected chi connectivity index (χ3v) is 11.2. The lowest BCUT2D eigenvalue weighted by Crippen LogP contribution is -2.62. The standard InChI is InChI=1S/C23H40O8SSi/c1-10-11-12-13-32-22-21(30-17(4)26)20(29-16(3)25)19(28-15(2)24)18(31-22)14-27-33(8,9)23(5,6)7/h12-13,18-22H,10-11,14H2,1-9H3/t18-,19-,20+,21-,22+/m1/s1. The number of hydrogen-bond acceptors (Lipinski definition) is 9. The summed E-state index contributed by atoms with van der Waals surface area (Å²) in [6.07, 6.45) is 0.181. The second kappa shape index (κ2) is 12.9. The Kier molecular flexibility index (Phi) is 11.6. The molecule has 1 saturated heterocycles. The van der Waals surface area contributed by atoms with E-state index in [1.165, 1.54) is 32.5 Å². The third kappa shape index (κ3) is 9.42. The van der Waals surface area contributed by atoms with Crippen LogP contribution < -0.4 is 0 Å². The van der Waals surface area contributed by atoms with Crippen LogP contribution in [0.1, 0.15) is 61.3 Å². The van der Waals surface area contributed by atoms with E-state index in [2.05, 4.69) is 40.8 Å². The average molecular weight is 505 g/mol. The Bertz CT molecular complexity index is 703. The smallest absolute Gasteiger partial charge is 0.303 e. The van der Waals surface area contributed by atoms with Gasteiger partial charge >= 0.3 is 17.9 Å². The van der Waals surface area contributed by atoms with Crippen molar-refractivity contribution in [3.8, 4) is 0 Å². The van der Waals surface area contributed by atoms with Gasteiger partial charge < -0.3 is 23.4 Å². The van der Waals surface area contributed by atoms with Crippen molar-refractivity contribution in [1.82, 2.24) is 0 Å². The highest BCUT2D eigenvalue weighted by molar-refractivity contribution is 8.02. The maximum Gasteiger partial charge on any atom is 0.303 e. The molecule has 190 valence electrons. The van der Waals surface area contributed by atoms with Gasteiger partial charge in [-0.2, -0.15) is 0 Å². The lowest BCUT2D eigenvalue weighted by Gasteiger charge is -2.45. The first-order valence-corrected chi connectivity index (χ1v) is 15.2. The topological polar surface area (TPSA) is 97.4 Å². The predicted octanol–water partition coefficient (Wildman–Crippen LogP) is 4.58. The molecular weight excluding hydrogens is 464 g/mol. The van der Waals surface area contributed by atoms with E-state index < -0.39 is 56.1 Å². The largest absolute Gasteiger partial charge is 0.456 e. The van der Waals surface area contributed by atoms with E-state index in [4.69, 9.17) is 23.4 Å². The van der Waals surface area contributed by atoms with Crippen molar-refractivity contribution in [1.29, 1.82) is 0 Å². The van der Waals surface area contributed by atoms with Gasteiger partial charge in [0.1, 0.15) is 11.5 Å². The fourth-order valence-electron chi connectivity index (χ4n) is 2.97. The van der Waals surface area contributed by atoms with Gasteiger partial charge in [-0.15, -0.1) is 0 Å². The SMILES string of the molecule is CCCC=CS[C@@H]1O[C@H](CO[Si](C)(C)C(C)(C)C)[C@@H](OC(C)=O)[C@H](OC(C)=O)[C@H]1OC(C)=O. The van der Waals surface area contributed by atoms with E-state index in [9.17, 15) is 14.4 Å². The number of ether oxygens (including phenoxy) is 4. The van der Waals surface area contributed by atoms with Gasteiger partial charge in [-0.3, -0.25) is 14.4 Å². The fraction of sp³-hybridized carbons (Fsp3) is 0.783. The van der Waals surface area contributed by atoms with Gasteiger partial charge in [0.2, 0.25) is 0 Å². The lowest BCUT2D eigenvalue weighted by atomic mass is 9.99. The Morgan fingerprint density at radius 3 is 1.94 bits per heavy atom. The molecule has 8 nitrogen and oxygen atoms in total. The minimum Gasteiger partial charge on any atom is -0.456 e. The molecule has 33 heavy (non-hydrogen) atoms. The molecule has 0 spiro atoms. The van der Waals surface area contributed by atoms with Crippen LogP contribution in [-0.2, 0) is 37.8 Å². The zero-order valence-corrected chi connectivity index (χ0v) is 23.2. The summed E-state index contributed by atoms with van der Waals surface area (Å²) in [7, 11) is -2.15. The van der Waals surface area contributed by atoms with Gasteiger partial charge in [0.15, 0.2) is 26.6 Å². The van der Waals surface area contributed by atoms with Crippen molar-refractivity contribution in [3.05, 3.63) is 11.5 Å². The summed E-state index contributed by atoms with van der Waals surface area (Å²) in [6, 6.07) is 0. The van der Waals surface area contributed by atoms with Crippen LogP contribution in [0, 0.1) is 0 Å². The quantitative estimate of drug-likeness (QED) is 0.241. The average Bonchev–Trinajstić information content (AvgIpc) is 2.66. The Labute approximate surface area is 203 Å². The van der Waals surface area contributed by atoms with Gasteiger partial charge in [-0.05, 0) is 30.0 Å². The summed E-state index contributed by atoms with van der Waals surface area (Å²) in [6.45, 7) is 16.6. The first-order valence-electron chi connectivity index (χ1n) is 11.3. The summed E-state index contributed by atoms with van der Waals surface area (Å²) in [5.74, 6) is -1.69. The zero-order chi connectivity index (χ0) is 25.4. The summed E-state index contributed by atoms with van der Waals surface area (Å²) in [5, 5.41) is 1.85. The van der Waals surface area contributed by atoms with Gasteiger partial charge in [0.05, 0.1) is 6.61 Å². The molecule has 1 rings (SSSR count). The molecule has 1 aliphatic heterocycles. The highest BCUT2D eigenvalue weighted by atomic mass is 32.2. The normalized spacial score (nSPS) is 26.2. The molecule has 0 unspecified atom stereocenters. The highest BCUT2D eigenvalue weighted by Crippen LogP contribution is 2.39. The van der Waals surface area contributed by atoms with Crippen LogP contribution in [0.4, 0.5) is 0 Å². The molecular formula is C23H40O8SSi. The van der Waals surface area contributed by atoms with E-state index in [-0.39, 0.29) is 11.6 Å². The molecule has 10 heteroatoms. The molecule has 0 saturated carbocycles. The number of thioether (sulfide) groups is 1. The lowest BCUT2D eigenvalue weighted by molar-refractivity contribution is -0.235. The summed E-state index contributed by atoms with van der Waals surface area (Å²) in [4.78, 5) is 35.7. The maximum absolute atomic E-state index is 11.9. The molecule has 1 aliphatic rings. The minimum atomic E-state index is -2.15. The van der Waals surface area contributed by atoms with Crippen LogP contribution in [0.15, 0.2) is 11.5 Å². The number of allylic oxidation sites excluding steroid dienone is 1. The molecule has 0 aliphatic carbocycles. The van der Waals surface area contributed by atoms with Crippen molar-refractivity contribution in [2.75, 3.05) is 6.61 Å². The van der Waals surface area contributed by atoms with Crippen molar-refractivity contribution in [2.24, 2.45) is 0 Å². The Hall–Kier alpha value is -1.36. The number of carbonyl (C=O) groups excluding carboxylic acids is 3. The third-order valence-electron chi connectivity index (χ3n) is 5.68. The van der Waals surface area contributed by atoms with Crippen molar-refractivity contribution in [2.45, 2.75) is 109 Å². The van der Waals surface area contributed by atoms with E-state index in [0.717, 1.165) is 12.8 Å². The summed E-state index contributed by atoms with van der Waals surface area (Å²) >= 11 is 1.33. The van der Waals surface area contributed by atoms with Gasteiger partial charge in [0.25, 0.3) is 0 Å². The number of rotatable bonds is 10. The number of unbranched alkanes of at least 4 members (excludes halogenated alkanes) is 1. The second-order valence-corrected chi connectivity index (χ2v) is 15.5. The molecule has 0 bridgehead atoms. The highest BCUT2D eigenvalue weighted by Gasteiger charge is 2.52. The van der Waals surface area contributed by atoms with E-state index in [1.54, 1.807) is 0 Å². The molecule has 0 N–H and O–H groups in total. The first-order chi connectivity index (χ1) is 15.2. The van der Waals surface area contributed by atoms with Crippen molar-refractivity contribution in [3.63, 3.8) is 0 Å². The van der Waals surface area contributed by atoms with Crippen LogP contribution in [0.3, 0.4) is 0 Å². The van der Waals surface area contributed by atoms with Crippen molar-refractivity contribution < 1.29 is 37.8 Å². The molecule has 1 fully saturated rings. The van der Waals surface area contributed by atoms with E-state index in [1.807, 2.05) is 11.5 Å². The molecule has 0 aromatic rings. The van der Waals surface area contributed by atoms with Gasteiger partial charge in [-0.1, -0.05) is 52.0 Å². The Morgan fingerprint density at radius 1 is 0.939 bits per heavy atom. The Balaban J connectivity index is 3.33. The monoisotopic (exact) mass is 504 g/mol. The zero-order valence-electron chi connectivity index (χ0n) is 21.3. The molecule has 0 aromatic heterocycles. The van der Waals surface area contributed by atoms with Crippen molar-refractivity contribution >= 4 is 38.0 Å². The Morgan fingerprint density at radius 2 is 1.45 bits per heavy atom.